The zero-order chi connectivity index (χ0) is 14.4. The van der Waals surface area contributed by atoms with Gasteiger partial charge in [-0.2, -0.15) is 0 Å². The van der Waals surface area contributed by atoms with Crippen molar-refractivity contribution in [3.8, 4) is 11.3 Å². The highest BCUT2D eigenvalue weighted by Crippen LogP contribution is 2.51. The van der Waals surface area contributed by atoms with E-state index in [1.165, 1.54) is 18.5 Å². The maximum Gasteiger partial charge on any atom is 0.123 e. The standard InChI is InChI=1S/C16H14FN3O/c17-11-3-1-10(2-4-11)16-15(5-18-9-19-16)20-6-12-13(7-20)14(12)8-21/h1-5,8-9,12-14H,6-7H2/t12-,13+,14?. The van der Waals surface area contributed by atoms with Gasteiger partial charge >= 0.3 is 0 Å². The number of rotatable bonds is 3. The van der Waals surface area contributed by atoms with Gasteiger partial charge in [-0.15, -0.1) is 0 Å². The largest absolute Gasteiger partial charge is 0.368 e. The molecule has 4 nitrogen and oxygen atoms in total. The molecule has 1 aliphatic carbocycles. The average molecular weight is 283 g/mol. The van der Waals surface area contributed by atoms with Crippen LogP contribution < -0.4 is 4.90 Å². The van der Waals surface area contributed by atoms with Crippen LogP contribution in [0.15, 0.2) is 36.8 Å². The fourth-order valence-electron chi connectivity index (χ4n) is 3.35. The highest BCUT2D eigenvalue weighted by molar-refractivity contribution is 5.75. The third-order valence-corrected chi connectivity index (χ3v) is 4.57. The average Bonchev–Trinajstić information content (AvgIpc) is 2.99. The minimum Gasteiger partial charge on any atom is -0.368 e. The number of aromatic nitrogens is 2. The molecule has 1 unspecified atom stereocenters. The number of carbonyl (C=O) groups is 1. The highest BCUT2D eigenvalue weighted by Gasteiger charge is 2.55. The minimum absolute atomic E-state index is 0.236. The van der Waals surface area contributed by atoms with Gasteiger partial charge < -0.3 is 9.69 Å². The van der Waals surface area contributed by atoms with Gasteiger partial charge in [0.05, 0.1) is 17.6 Å². The molecule has 0 bridgehead atoms. The second kappa shape index (κ2) is 4.62. The summed E-state index contributed by atoms with van der Waals surface area (Å²) in [5.41, 5.74) is 2.65. The Labute approximate surface area is 121 Å². The Morgan fingerprint density at radius 1 is 1.19 bits per heavy atom. The molecule has 1 aromatic carbocycles. The fraction of sp³-hybridized carbons (Fsp3) is 0.312. The molecule has 0 radical (unpaired) electrons. The number of halogens is 1. The van der Waals surface area contributed by atoms with E-state index in [0.29, 0.717) is 11.8 Å². The summed E-state index contributed by atoms with van der Waals surface area (Å²) in [7, 11) is 0. The van der Waals surface area contributed by atoms with Gasteiger partial charge in [-0.05, 0) is 36.1 Å². The van der Waals surface area contributed by atoms with E-state index in [0.717, 1.165) is 36.3 Å². The number of piperidine rings is 1. The van der Waals surface area contributed by atoms with Gasteiger partial charge in [-0.3, -0.25) is 0 Å². The summed E-state index contributed by atoms with van der Waals surface area (Å²) in [6, 6.07) is 6.33. The summed E-state index contributed by atoms with van der Waals surface area (Å²) >= 11 is 0. The summed E-state index contributed by atoms with van der Waals surface area (Å²) in [4.78, 5) is 21.6. The van der Waals surface area contributed by atoms with E-state index in [2.05, 4.69) is 14.9 Å². The SMILES string of the molecule is O=CC1[C@H]2CN(c3cncnc3-c3ccc(F)cc3)C[C@@H]12. The molecule has 1 saturated heterocycles. The van der Waals surface area contributed by atoms with Crippen molar-refractivity contribution in [2.24, 2.45) is 17.8 Å². The van der Waals surface area contributed by atoms with E-state index in [4.69, 9.17) is 0 Å². The van der Waals surface area contributed by atoms with Crippen LogP contribution in [0, 0.1) is 23.6 Å². The van der Waals surface area contributed by atoms with Gasteiger partial charge in [0.15, 0.2) is 0 Å². The van der Waals surface area contributed by atoms with Gasteiger partial charge in [0, 0.05) is 24.6 Å². The van der Waals surface area contributed by atoms with Gasteiger partial charge in [-0.1, -0.05) is 0 Å². The maximum atomic E-state index is 13.1. The van der Waals surface area contributed by atoms with Crippen molar-refractivity contribution in [2.75, 3.05) is 18.0 Å². The lowest BCUT2D eigenvalue weighted by Crippen LogP contribution is -2.25. The fourth-order valence-corrected chi connectivity index (χ4v) is 3.35. The summed E-state index contributed by atoms with van der Waals surface area (Å²) in [6.45, 7) is 1.74. The van der Waals surface area contributed by atoms with Crippen LogP contribution in [0.5, 0.6) is 0 Å². The summed E-state index contributed by atoms with van der Waals surface area (Å²) in [5, 5.41) is 0. The quantitative estimate of drug-likeness (QED) is 0.810. The van der Waals surface area contributed by atoms with Crippen LogP contribution in [0.2, 0.25) is 0 Å². The zero-order valence-corrected chi connectivity index (χ0v) is 11.3. The Morgan fingerprint density at radius 3 is 2.57 bits per heavy atom. The van der Waals surface area contributed by atoms with Gasteiger partial charge in [0.25, 0.3) is 0 Å². The molecule has 2 aromatic rings. The molecule has 5 heteroatoms. The Bertz CT molecular complexity index is 676. The van der Waals surface area contributed by atoms with Gasteiger partial charge in [0.1, 0.15) is 18.4 Å². The van der Waals surface area contributed by atoms with Crippen LogP contribution in [0.25, 0.3) is 11.3 Å². The van der Waals surface area contributed by atoms with Crippen molar-refractivity contribution in [3.63, 3.8) is 0 Å². The van der Waals surface area contributed by atoms with Crippen molar-refractivity contribution < 1.29 is 9.18 Å². The lowest BCUT2D eigenvalue weighted by molar-refractivity contribution is -0.109. The molecule has 4 rings (SSSR count). The van der Waals surface area contributed by atoms with E-state index in [1.54, 1.807) is 18.3 Å². The number of hydrogen-bond acceptors (Lipinski definition) is 4. The van der Waals surface area contributed by atoms with E-state index in [-0.39, 0.29) is 11.7 Å². The number of hydrogen-bond donors (Lipinski definition) is 0. The third kappa shape index (κ3) is 2.00. The number of aldehydes is 1. The van der Waals surface area contributed by atoms with Crippen molar-refractivity contribution in [1.82, 2.24) is 9.97 Å². The first-order chi connectivity index (χ1) is 10.3. The predicted octanol–water partition coefficient (Wildman–Crippen LogP) is 2.16. The molecule has 1 aliphatic heterocycles. The first-order valence-electron chi connectivity index (χ1n) is 7.04. The Hall–Kier alpha value is -2.30. The lowest BCUT2D eigenvalue weighted by Gasteiger charge is -2.23. The first kappa shape index (κ1) is 12.4. The molecular formula is C16H14FN3O. The van der Waals surface area contributed by atoms with Crippen LogP contribution in [-0.4, -0.2) is 29.3 Å². The van der Waals surface area contributed by atoms with E-state index < -0.39 is 0 Å². The summed E-state index contributed by atoms with van der Waals surface area (Å²) in [5.74, 6) is 0.929. The normalized spacial score (nSPS) is 26.5. The molecule has 1 saturated carbocycles. The smallest absolute Gasteiger partial charge is 0.123 e. The van der Waals surface area contributed by atoms with E-state index >= 15 is 0 Å². The molecule has 0 N–H and O–H groups in total. The highest BCUT2D eigenvalue weighted by atomic mass is 19.1. The Kier molecular flexibility index (Phi) is 2.74. The number of carbonyl (C=O) groups excluding carboxylic acids is 1. The lowest BCUT2D eigenvalue weighted by atomic mass is 10.1. The number of benzene rings is 1. The Balaban J connectivity index is 1.65. The van der Waals surface area contributed by atoms with E-state index in [1.807, 2.05) is 0 Å². The van der Waals surface area contributed by atoms with Crippen LogP contribution >= 0.6 is 0 Å². The molecule has 0 amide bonds. The predicted molar refractivity (Wildman–Crippen MR) is 76.2 cm³/mol. The molecular weight excluding hydrogens is 269 g/mol. The number of nitrogens with zero attached hydrogens (tertiary/aromatic N) is 3. The zero-order valence-electron chi connectivity index (χ0n) is 11.3. The van der Waals surface area contributed by atoms with Crippen molar-refractivity contribution in [2.45, 2.75) is 0 Å². The maximum absolute atomic E-state index is 13.1. The molecule has 106 valence electrons. The topological polar surface area (TPSA) is 46.1 Å². The summed E-state index contributed by atoms with van der Waals surface area (Å²) < 4.78 is 13.1. The third-order valence-electron chi connectivity index (χ3n) is 4.57. The summed E-state index contributed by atoms with van der Waals surface area (Å²) in [6.07, 6.45) is 4.38. The molecule has 2 aliphatic rings. The first-order valence-corrected chi connectivity index (χ1v) is 7.04. The van der Waals surface area contributed by atoms with Gasteiger partial charge in [-0.25, -0.2) is 14.4 Å². The molecule has 2 fully saturated rings. The molecule has 21 heavy (non-hydrogen) atoms. The van der Waals surface area contributed by atoms with Crippen molar-refractivity contribution in [3.05, 3.63) is 42.6 Å². The van der Waals surface area contributed by atoms with Crippen LogP contribution in [-0.2, 0) is 4.79 Å². The number of fused-ring (bicyclic) bond motifs is 1. The Morgan fingerprint density at radius 2 is 1.90 bits per heavy atom. The second-order valence-corrected chi connectivity index (χ2v) is 5.71. The number of anilines is 1. The second-order valence-electron chi connectivity index (χ2n) is 5.71. The van der Waals surface area contributed by atoms with Crippen LogP contribution in [0.4, 0.5) is 10.1 Å². The van der Waals surface area contributed by atoms with Crippen molar-refractivity contribution in [1.29, 1.82) is 0 Å². The molecule has 2 heterocycles. The molecule has 0 spiro atoms. The van der Waals surface area contributed by atoms with Crippen LogP contribution in [0.3, 0.4) is 0 Å². The molecule has 1 aromatic heterocycles. The minimum atomic E-state index is -0.259. The van der Waals surface area contributed by atoms with Crippen LogP contribution in [0.1, 0.15) is 0 Å². The molecule has 3 atom stereocenters. The van der Waals surface area contributed by atoms with Crippen molar-refractivity contribution >= 4 is 12.0 Å². The van der Waals surface area contributed by atoms with Gasteiger partial charge in [0.2, 0.25) is 0 Å². The monoisotopic (exact) mass is 283 g/mol. The van der Waals surface area contributed by atoms with E-state index in [9.17, 15) is 9.18 Å².